The summed E-state index contributed by atoms with van der Waals surface area (Å²) in [5, 5.41) is 10.1. The molecule has 1 aromatic heterocycles. The molecule has 8 nitrogen and oxygen atoms in total. The van der Waals surface area contributed by atoms with Gasteiger partial charge in [-0.2, -0.15) is 5.10 Å². The van der Waals surface area contributed by atoms with Crippen LogP contribution in [0.3, 0.4) is 0 Å². The zero-order valence-corrected chi connectivity index (χ0v) is 19.7. The summed E-state index contributed by atoms with van der Waals surface area (Å²) in [6, 6.07) is -0.521. The molecule has 1 heterocycles. The standard InChI is InChI=1S/C22H33ClN4O4/c1-6-15(21(30)31-7-2)26-18(28)11-27-20(29)19(23)17(10-24-27)25-16-9-13-8-14(12(16)3)22(13,4)5/h10,12-16,25H,6-9,11H2,1-5H3,(H,26,28)/t12-,13+,14-,15?,16-/m1/s1. The van der Waals surface area contributed by atoms with Crippen LogP contribution in [-0.4, -0.2) is 40.3 Å². The van der Waals surface area contributed by atoms with Crippen LogP contribution in [0.15, 0.2) is 11.0 Å². The van der Waals surface area contributed by atoms with Gasteiger partial charge in [0, 0.05) is 6.04 Å². The quantitative estimate of drug-likeness (QED) is 0.588. The maximum absolute atomic E-state index is 12.7. The average Bonchev–Trinajstić information content (AvgIpc) is 2.72. The number of nitrogens with zero attached hydrogens (tertiary/aromatic N) is 2. The summed E-state index contributed by atoms with van der Waals surface area (Å²) in [7, 11) is 0. The highest BCUT2D eigenvalue weighted by Crippen LogP contribution is 2.61. The summed E-state index contributed by atoms with van der Waals surface area (Å²) in [4.78, 5) is 36.9. The Bertz CT molecular complexity index is 900. The molecule has 31 heavy (non-hydrogen) atoms. The van der Waals surface area contributed by atoms with Crippen molar-refractivity contribution in [3.8, 4) is 0 Å². The van der Waals surface area contributed by atoms with Crippen LogP contribution in [0.2, 0.25) is 5.02 Å². The van der Waals surface area contributed by atoms with E-state index in [1.54, 1.807) is 13.8 Å². The van der Waals surface area contributed by atoms with E-state index in [4.69, 9.17) is 16.3 Å². The topological polar surface area (TPSA) is 102 Å². The molecule has 0 saturated heterocycles. The number of esters is 1. The van der Waals surface area contributed by atoms with Crippen molar-refractivity contribution in [2.45, 2.75) is 72.5 Å². The zero-order valence-electron chi connectivity index (χ0n) is 18.9. The lowest BCUT2D eigenvalue weighted by Crippen LogP contribution is -2.58. The van der Waals surface area contributed by atoms with Gasteiger partial charge in [-0.15, -0.1) is 0 Å². The van der Waals surface area contributed by atoms with Gasteiger partial charge in [0.1, 0.15) is 17.6 Å². The third-order valence-corrected chi connectivity index (χ3v) is 7.65. The minimum atomic E-state index is -0.761. The number of rotatable bonds is 8. The van der Waals surface area contributed by atoms with Gasteiger partial charge >= 0.3 is 5.97 Å². The number of hydrogen-bond acceptors (Lipinski definition) is 6. The van der Waals surface area contributed by atoms with Crippen LogP contribution in [0.25, 0.3) is 0 Å². The number of fused-ring (bicyclic) bond motifs is 2. The van der Waals surface area contributed by atoms with Crippen molar-refractivity contribution in [1.82, 2.24) is 15.1 Å². The number of ether oxygens (including phenoxy) is 1. The first-order chi connectivity index (χ1) is 14.6. The highest BCUT2D eigenvalue weighted by molar-refractivity contribution is 6.32. The monoisotopic (exact) mass is 452 g/mol. The van der Waals surface area contributed by atoms with Crippen LogP contribution in [0.4, 0.5) is 5.69 Å². The molecule has 2 N–H and O–H groups in total. The fourth-order valence-electron chi connectivity index (χ4n) is 5.16. The molecule has 1 amide bonds. The van der Waals surface area contributed by atoms with Gasteiger partial charge in [0.2, 0.25) is 5.91 Å². The van der Waals surface area contributed by atoms with Crippen molar-refractivity contribution in [2.24, 2.45) is 23.2 Å². The van der Waals surface area contributed by atoms with Gasteiger partial charge < -0.3 is 15.4 Å². The van der Waals surface area contributed by atoms with Crippen molar-refractivity contribution >= 4 is 29.2 Å². The molecule has 9 heteroatoms. The van der Waals surface area contributed by atoms with Crippen molar-refractivity contribution < 1.29 is 14.3 Å². The molecular weight excluding hydrogens is 420 g/mol. The molecule has 0 spiro atoms. The van der Waals surface area contributed by atoms with E-state index in [2.05, 4.69) is 36.5 Å². The maximum atomic E-state index is 12.7. The van der Waals surface area contributed by atoms with E-state index >= 15 is 0 Å². The first kappa shape index (κ1) is 23.6. The Kier molecular flexibility index (Phi) is 6.98. The summed E-state index contributed by atoms with van der Waals surface area (Å²) >= 11 is 6.34. The zero-order chi connectivity index (χ0) is 22.9. The third kappa shape index (κ3) is 4.59. The average molecular weight is 453 g/mol. The molecule has 4 rings (SSSR count). The van der Waals surface area contributed by atoms with Crippen LogP contribution in [0.5, 0.6) is 0 Å². The maximum Gasteiger partial charge on any atom is 0.328 e. The fraction of sp³-hybridized carbons (Fsp3) is 0.727. The molecule has 172 valence electrons. The van der Waals surface area contributed by atoms with E-state index in [0.29, 0.717) is 35.3 Å². The second kappa shape index (κ2) is 9.18. The van der Waals surface area contributed by atoms with E-state index in [9.17, 15) is 14.4 Å². The highest BCUT2D eigenvalue weighted by atomic mass is 35.5. The Hall–Kier alpha value is -2.09. The highest BCUT2D eigenvalue weighted by Gasteiger charge is 2.56. The Morgan fingerprint density at radius 1 is 1.35 bits per heavy atom. The molecule has 2 bridgehead atoms. The summed E-state index contributed by atoms with van der Waals surface area (Å²) in [6.45, 7) is 10.3. The van der Waals surface area contributed by atoms with E-state index in [-0.39, 0.29) is 24.2 Å². The van der Waals surface area contributed by atoms with Crippen LogP contribution in [0.1, 0.15) is 53.9 Å². The van der Waals surface area contributed by atoms with E-state index in [0.717, 1.165) is 11.1 Å². The van der Waals surface area contributed by atoms with E-state index < -0.39 is 23.5 Å². The van der Waals surface area contributed by atoms with Crippen LogP contribution < -0.4 is 16.2 Å². The number of carbonyl (C=O) groups is 2. The van der Waals surface area contributed by atoms with Gasteiger partial charge in [-0.05, 0) is 49.4 Å². The van der Waals surface area contributed by atoms with Crippen LogP contribution in [0, 0.1) is 23.2 Å². The Morgan fingerprint density at radius 3 is 2.65 bits per heavy atom. The Labute approximate surface area is 188 Å². The minimum absolute atomic E-state index is 0.0194. The molecule has 3 aliphatic rings. The molecular formula is C22H33ClN4O4. The van der Waals surface area contributed by atoms with Crippen LogP contribution in [-0.2, 0) is 20.9 Å². The summed E-state index contributed by atoms with van der Waals surface area (Å²) in [6.07, 6.45) is 4.19. The minimum Gasteiger partial charge on any atom is -0.464 e. The fourth-order valence-corrected chi connectivity index (χ4v) is 5.37. The van der Waals surface area contributed by atoms with Gasteiger partial charge in [-0.3, -0.25) is 9.59 Å². The number of halogens is 1. The molecule has 3 saturated carbocycles. The SMILES string of the molecule is CCOC(=O)C(CC)NC(=O)Cn1ncc(N[C@@H]2C[C@@H]3C[C@H]([C@H]2C)C3(C)C)c(Cl)c1=O. The van der Waals surface area contributed by atoms with Gasteiger partial charge in [0.05, 0.1) is 18.5 Å². The number of nitrogens with one attached hydrogen (secondary N) is 2. The Morgan fingerprint density at radius 2 is 2.06 bits per heavy atom. The number of amides is 1. The predicted molar refractivity (Wildman–Crippen MR) is 119 cm³/mol. The lowest BCUT2D eigenvalue weighted by molar-refractivity contribution is -0.147. The van der Waals surface area contributed by atoms with Gasteiger partial charge in [-0.1, -0.05) is 39.3 Å². The molecule has 3 fully saturated rings. The number of aromatic nitrogens is 2. The largest absolute Gasteiger partial charge is 0.464 e. The predicted octanol–water partition coefficient (Wildman–Crippen LogP) is 2.84. The van der Waals surface area contributed by atoms with Crippen molar-refractivity contribution in [3.05, 3.63) is 21.6 Å². The summed E-state index contributed by atoms with van der Waals surface area (Å²) < 4.78 is 5.95. The molecule has 0 aliphatic heterocycles. The van der Waals surface area contributed by atoms with Gasteiger partial charge in [0.25, 0.3) is 5.56 Å². The van der Waals surface area contributed by atoms with Crippen molar-refractivity contribution in [3.63, 3.8) is 0 Å². The van der Waals surface area contributed by atoms with Gasteiger partial charge in [-0.25, -0.2) is 9.48 Å². The van der Waals surface area contributed by atoms with Crippen molar-refractivity contribution in [2.75, 3.05) is 11.9 Å². The normalized spacial score (nSPS) is 27.0. The molecule has 3 aliphatic carbocycles. The molecule has 1 unspecified atom stereocenters. The Balaban J connectivity index is 1.65. The lowest BCUT2D eigenvalue weighted by Gasteiger charge is -2.62. The summed E-state index contributed by atoms with van der Waals surface area (Å²) in [5.74, 6) is 0.796. The molecule has 1 aromatic rings. The summed E-state index contributed by atoms with van der Waals surface area (Å²) in [5.41, 5.74) is 0.327. The van der Waals surface area contributed by atoms with Crippen molar-refractivity contribution in [1.29, 1.82) is 0 Å². The molecule has 0 radical (unpaired) electrons. The first-order valence-corrected chi connectivity index (χ1v) is 11.5. The number of carbonyl (C=O) groups excluding carboxylic acids is 2. The number of hydrogen-bond donors (Lipinski definition) is 2. The van der Waals surface area contributed by atoms with Gasteiger partial charge in [0.15, 0.2) is 0 Å². The third-order valence-electron chi connectivity index (χ3n) is 7.29. The second-order valence-electron chi connectivity index (χ2n) is 9.32. The second-order valence-corrected chi connectivity index (χ2v) is 9.70. The lowest BCUT2D eigenvalue weighted by atomic mass is 9.45. The molecule has 5 atom stereocenters. The molecule has 0 aromatic carbocycles. The van der Waals surface area contributed by atoms with Crippen LogP contribution >= 0.6 is 11.6 Å². The number of anilines is 1. The van der Waals surface area contributed by atoms with E-state index in [1.165, 1.54) is 12.6 Å². The van der Waals surface area contributed by atoms with E-state index in [1.807, 2.05) is 0 Å². The first-order valence-electron chi connectivity index (χ1n) is 11.1. The smallest absolute Gasteiger partial charge is 0.328 e.